The summed E-state index contributed by atoms with van der Waals surface area (Å²) in [5, 5.41) is 7.75. The Bertz CT molecular complexity index is 377. The fraction of sp³-hybridized carbons (Fsp3) is 0.700. The second kappa shape index (κ2) is 3.77. The maximum Gasteiger partial charge on any atom is 0.354 e. The molecule has 0 amide bonds. The van der Waals surface area contributed by atoms with Crippen LogP contribution < -0.4 is 0 Å². The number of ether oxygens (including phenoxy) is 1. The molecule has 6 nitrogen and oxygen atoms in total. The molecule has 0 spiro atoms. The van der Waals surface area contributed by atoms with Crippen LogP contribution in [0.5, 0.6) is 0 Å². The minimum atomic E-state index is -1.02. The van der Waals surface area contributed by atoms with Crippen molar-refractivity contribution >= 4 is 17.4 Å². The summed E-state index contributed by atoms with van der Waals surface area (Å²) in [6, 6.07) is 0. The normalized spacial score (nSPS) is 34.3. The summed E-state index contributed by atoms with van der Waals surface area (Å²) in [5.41, 5.74) is 0.578. The lowest BCUT2D eigenvalue weighted by atomic mass is 9.88. The van der Waals surface area contributed by atoms with Crippen LogP contribution >= 0.6 is 0 Å². The lowest BCUT2D eigenvalue weighted by molar-refractivity contribution is -0.168. The van der Waals surface area contributed by atoms with Gasteiger partial charge in [0.1, 0.15) is 7.11 Å². The minimum absolute atomic E-state index is 0.0890. The predicted molar refractivity (Wildman–Crippen MR) is 56.1 cm³/mol. The van der Waals surface area contributed by atoms with Crippen molar-refractivity contribution in [3.05, 3.63) is 0 Å². The molecule has 0 N–H and O–H groups in total. The largest absolute Gasteiger partial charge is 0.466 e. The summed E-state index contributed by atoms with van der Waals surface area (Å²) < 4.78 is 4.78. The quantitative estimate of drug-likeness (QED) is 0.513. The average Bonchev–Trinajstić information content (AvgIpc) is 2.78. The molecule has 0 saturated heterocycles. The van der Waals surface area contributed by atoms with Crippen LogP contribution in [0.3, 0.4) is 0 Å². The van der Waals surface area contributed by atoms with E-state index in [0.717, 1.165) is 11.4 Å². The molecule has 88 valence electrons. The molecule has 1 aliphatic carbocycles. The molecule has 0 bridgehead atoms. The highest BCUT2D eigenvalue weighted by Crippen LogP contribution is 2.43. The van der Waals surface area contributed by atoms with Gasteiger partial charge in [0.05, 0.1) is 24.5 Å². The van der Waals surface area contributed by atoms with Crippen LogP contribution in [0.15, 0.2) is 10.3 Å². The van der Waals surface area contributed by atoms with Crippen LogP contribution in [-0.4, -0.2) is 37.2 Å². The second-order valence-electron chi connectivity index (χ2n) is 3.98. The van der Waals surface area contributed by atoms with Gasteiger partial charge in [-0.3, -0.25) is 0 Å². The zero-order chi connectivity index (χ0) is 11.8. The Balaban J connectivity index is 2.30. The van der Waals surface area contributed by atoms with Gasteiger partial charge in [0.2, 0.25) is 5.60 Å². The fourth-order valence-corrected chi connectivity index (χ4v) is 2.32. The number of methoxy groups -OCH3 is 1. The Morgan fingerprint density at radius 1 is 1.62 bits per heavy atom. The van der Waals surface area contributed by atoms with Gasteiger partial charge in [-0.1, -0.05) is 10.3 Å². The smallest absolute Gasteiger partial charge is 0.354 e. The van der Waals surface area contributed by atoms with Crippen molar-refractivity contribution in [2.75, 3.05) is 14.2 Å². The molecule has 16 heavy (non-hydrogen) atoms. The SMILES string of the molecule is CO/N=C1/CC2C(C)=NOC2(C(=O)OC)C1. The molecule has 2 aliphatic rings. The average molecular weight is 226 g/mol. The third-order valence-corrected chi connectivity index (χ3v) is 3.08. The zero-order valence-corrected chi connectivity index (χ0v) is 9.52. The van der Waals surface area contributed by atoms with Crippen molar-refractivity contribution in [3.8, 4) is 0 Å². The van der Waals surface area contributed by atoms with E-state index in [1.807, 2.05) is 6.92 Å². The van der Waals surface area contributed by atoms with Gasteiger partial charge in [-0.25, -0.2) is 4.79 Å². The Labute approximate surface area is 93.2 Å². The van der Waals surface area contributed by atoms with Crippen molar-refractivity contribution in [1.82, 2.24) is 0 Å². The monoisotopic (exact) mass is 226 g/mol. The minimum Gasteiger partial charge on any atom is -0.466 e. The van der Waals surface area contributed by atoms with Gasteiger partial charge in [0, 0.05) is 12.8 Å². The van der Waals surface area contributed by atoms with Crippen molar-refractivity contribution in [2.24, 2.45) is 16.2 Å². The topological polar surface area (TPSA) is 69.5 Å². The first-order valence-electron chi connectivity index (χ1n) is 5.04. The van der Waals surface area contributed by atoms with Crippen LogP contribution in [-0.2, 0) is 19.2 Å². The van der Waals surface area contributed by atoms with Gasteiger partial charge < -0.3 is 14.4 Å². The molecule has 6 heteroatoms. The third kappa shape index (κ3) is 1.36. The third-order valence-electron chi connectivity index (χ3n) is 3.08. The van der Waals surface area contributed by atoms with Gasteiger partial charge in [-0.2, -0.15) is 0 Å². The Hall–Kier alpha value is -1.59. The van der Waals surface area contributed by atoms with E-state index in [2.05, 4.69) is 10.3 Å². The molecule has 0 aromatic rings. The summed E-state index contributed by atoms with van der Waals surface area (Å²) in [5.74, 6) is -0.492. The molecular formula is C10H14N2O4. The van der Waals surface area contributed by atoms with Crippen molar-refractivity contribution < 1.29 is 19.2 Å². The number of carbonyl (C=O) groups excluding carboxylic acids is 1. The first-order valence-corrected chi connectivity index (χ1v) is 5.04. The maximum atomic E-state index is 11.8. The molecule has 2 atom stereocenters. The van der Waals surface area contributed by atoms with Crippen LogP contribution in [0.2, 0.25) is 0 Å². The van der Waals surface area contributed by atoms with E-state index in [1.165, 1.54) is 14.2 Å². The molecule has 0 radical (unpaired) electrons. The van der Waals surface area contributed by atoms with E-state index in [-0.39, 0.29) is 5.92 Å². The number of nitrogens with zero attached hydrogens (tertiary/aromatic N) is 2. The number of fused-ring (bicyclic) bond motifs is 1. The van der Waals surface area contributed by atoms with Gasteiger partial charge in [0.15, 0.2) is 0 Å². The van der Waals surface area contributed by atoms with Crippen LogP contribution in [0.25, 0.3) is 0 Å². The van der Waals surface area contributed by atoms with Crippen molar-refractivity contribution in [2.45, 2.75) is 25.4 Å². The van der Waals surface area contributed by atoms with E-state index < -0.39 is 11.6 Å². The molecule has 2 rings (SSSR count). The van der Waals surface area contributed by atoms with E-state index in [1.54, 1.807) is 0 Å². The van der Waals surface area contributed by atoms with Gasteiger partial charge >= 0.3 is 5.97 Å². The lowest BCUT2D eigenvalue weighted by Gasteiger charge is -2.22. The van der Waals surface area contributed by atoms with Gasteiger partial charge in [-0.15, -0.1) is 0 Å². The first kappa shape index (κ1) is 10.9. The number of oxime groups is 2. The molecule has 0 aromatic heterocycles. The van der Waals surface area contributed by atoms with Gasteiger partial charge in [0.25, 0.3) is 0 Å². The van der Waals surface area contributed by atoms with Crippen molar-refractivity contribution in [1.29, 1.82) is 0 Å². The number of esters is 1. The zero-order valence-electron chi connectivity index (χ0n) is 9.52. The Morgan fingerprint density at radius 3 is 3.00 bits per heavy atom. The van der Waals surface area contributed by atoms with Crippen LogP contribution in [0.1, 0.15) is 19.8 Å². The van der Waals surface area contributed by atoms with Crippen LogP contribution in [0.4, 0.5) is 0 Å². The summed E-state index contributed by atoms with van der Waals surface area (Å²) in [6.07, 6.45) is 0.997. The van der Waals surface area contributed by atoms with Gasteiger partial charge in [-0.05, 0) is 6.92 Å². The van der Waals surface area contributed by atoms with Crippen molar-refractivity contribution in [3.63, 3.8) is 0 Å². The number of carbonyl (C=O) groups is 1. The highest BCUT2D eigenvalue weighted by molar-refractivity contribution is 6.05. The maximum absolute atomic E-state index is 11.8. The molecule has 1 fully saturated rings. The summed E-state index contributed by atoms with van der Waals surface area (Å²) in [4.78, 5) is 21.8. The molecule has 0 aromatic carbocycles. The molecule has 1 heterocycles. The van der Waals surface area contributed by atoms with E-state index >= 15 is 0 Å². The number of hydrogen-bond acceptors (Lipinski definition) is 6. The molecular weight excluding hydrogens is 212 g/mol. The predicted octanol–water partition coefficient (Wildman–Crippen LogP) is 0.717. The van der Waals surface area contributed by atoms with E-state index in [0.29, 0.717) is 12.8 Å². The van der Waals surface area contributed by atoms with Crippen LogP contribution in [0, 0.1) is 5.92 Å². The summed E-state index contributed by atoms with van der Waals surface area (Å²) in [7, 11) is 2.82. The lowest BCUT2D eigenvalue weighted by Crippen LogP contribution is -2.43. The number of rotatable bonds is 2. The van der Waals surface area contributed by atoms with E-state index in [4.69, 9.17) is 14.4 Å². The highest BCUT2D eigenvalue weighted by Gasteiger charge is 2.60. The summed E-state index contributed by atoms with van der Waals surface area (Å²) in [6.45, 7) is 1.84. The Kier molecular flexibility index (Phi) is 2.57. The van der Waals surface area contributed by atoms with E-state index in [9.17, 15) is 4.79 Å². The second-order valence-corrected chi connectivity index (χ2v) is 3.98. The highest BCUT2D eigenvalue weighted by atomic mass is 16.7. The molecule has 1 aliphatic heterocycles. The molecule has 2 unspecified atom stereocenters. The fourth-order valence-electron chi connectivity index (χ4n) is 2.32. The first-order chi connectivity index (χ1) is 7.64. The Morgan fingerprint density at radius 2 is 2.38 bits per heavy atom. The number of hydrogen-bond donors (Lipinski definition) is 0. The summed E-state index contributed by atoms with van der Waals surface area (Å²) >= 11 is 0. The molecule has 1 saturated carbocycles. The standard InChI is InChI=1S/C10H14N2O4/c1-6-8-4-7(12-15-3)5-10(8,16-11-6)9(13)14-2/h8H,4-5H2,1-3H3/b12-7-.